The van der Waals surface area contributed by atoms with Gasteiger partial charge in [0.2, 0.25) is 11.8 Å². The van der Waals surface area contributed by atoms with E-state index >= 15 is 0 Å². The van der Waals surface area contributed by atoms with E-state index in [-0.39, 0.29) is 23.6 Å². The number of amides is 3. The van der Waals surface area contributed by atoms with E-state index in [4.69, 9.17) is 4.74 Å². The molecule has 0 heterocycles. The van der Waals surface area contributed by atoms with Crippen LogP contribution in [0.2, 0.25) is 0 Å². The third kappa shape index (κ3) is 9.68. The standard InChI is InChI=1S/C28H45N3O4S/c1-6-7-11-18-31(26(33)23(19-36)30-27(34)35-28(3,4)5)24(21-16-14-20(2)15-17-21)25(32)29-22-12-9-8-10-13-22/h14-17,22-24,36H,6-13,18-19H2,1-5H3,(H,29,32)(H,30,34). The summed E-state index contributed by atoms with van der Waals surface area (Å²) in [6.07, 6.45) is 7.29. The molecule has 1 aliphatic carbocycles. The molecule has 2 N–H and O–H groups in total. The van der Waals surface area contributed by atoms with Crippen LogP contribution in [0.15, 0.2) is 24.3 Å². The molecule has 0 saturated heterocycles. The van der Waals surface area contributed by atoms with E-state index in [1.54, 1.807) is 25.7 Å². The molecule has 0 radical (unpaired) electrons. The molecule has 1 saturated carbocycles. The number of rotatable bonds is 11. The Bertz CT molecular complexity index is 847. The minimum atomic E-state index is -0.916. The van der Waals surface area contributed by atoms with Gasteiger partial charge in [-0.15, -0.1) is 0 Å². The van der Waals surface area contributed by atoms with E-state index in [0.717, 1.165) is 56.1 Å². The summed E-state index contributed by atoms with van der Waals surface area (Å²) in [7, 11) is 0. The molecule has 0 aromatic heterocycles. The predicted molar refractivity (Wildman–Crippen MR) is 147 cm³/mol. The molecule has 0 aliphatic heterocycles. The number of benzene rings is 1. The number of hydrogen-bond donors (Lipinski definition) is 3. The van der Waals surface area contributed by atoms with Gasteiger partial charge in [-0.1, -0.05) is 68.9 Å². The minimum Gasteiger partial charge on any atom is -0.444 e. The van der Waals surface area contributed by atoms with Crippen molar-refractivity contribution in [2.75, 3.05) is 12.3 Å². The summed E-state index contributed by atoms with van der Waals surface area (Å²) in [4.78, 5) is 41.7. The number of thiol groups is 1. The first-order valence-corrected chi connectivity index (χ1v) is 14.0. The van der Waals surface area contributed by atoms with Crippen LogP contribution in [0, 0.1) is 6.92 Å². The number of carbonyl (C=O) groups excluding carboxylic acids is 3. The van der Waals surface area contributed by atoms with Gasteiger partial charge in [0, 0.05) is 18.3 Å². The minimum absolute atomic E-state index is 0.0905. The number of ether oxygens (including phenoxy) is 1. The van der Waals surface area contributed by atoms with Crippen molar-refractivity contribution in [3.05, 3.63) is 35.4 Å². The third-order valence-corrected chi connectivity index (χ3v) is 6.73. The first kappa shape index (κ1) is 30.0. The average molecular weight is 520 g/mol. The van der Waals surface area contributed by atoms with Gasteiger partial charge in [0.15, 0.2) is 0 Å². The summed E-state index contributed by atoms with van der Waals surface area (Å²) in [6.45, 7) is 9.80. The highest BCUT2D eigenvalue weighted by molar-refractivity contribution is 7.80. The summed E-state index contributed by atoms with van der Waals surface area (Å²) in [5.41, 5.74) is 1.14. The Morgan fingerprint density at radius 1 is 1.08 bits per heavy atom. The van der Waals surface area contributed by atoms with Gasteiger partial charge in [-0.2, -0.15) is 12.6 Å². The zero-order valence-electron chi connectivity index (χ0n) is 22.6. The average Bonchev–Trinajstić information content (AvgIpc) is 2.82. The van der Waals surface area contributed by atoms with Crippen molar-refractivity contribution in [2.45, 2.75) is 110 Å². The quantitative estimate of drug-likeness (QED) is 0.272. The second-order valence-electron chi connectivity index (χ2n) is 10.8. The number of aryl methyl sites for hydroxylation is 1. The Hall–Kier alpha value is -2.22. The summed E-state index contributed by atoms with van der Waals surface area (Å²) >= 11 is 4.35. The molecule has 1 fully saturated rings. The van der Waals surface area contributed by atoms with E-state index in [2.05, 4.69) is 30.2 Å². The molecule has 1 aliphatic rings. The van der Waals surface area contributed by atoms with E-state index in [9.17, 15) is 14.4 Å². The molecule has 8 heteroatoms. The Kier molecular flexibility index (Phi) is 12.1. The first-order valence-electron chi connectivity index (χ1n) is 13.3. The molecule has 202 valence electrons. The van der Waals surface area contributed by atoms with Gasteiger partial charge >= 0.3 is 6.09 Å². The fraction of sp³-hybridized carbons (Fsp3) is 0.679. The van der Waals surface area contributed by atoms with Gasteiger partial charge < -0.3 is 20.3 Å². The van der Waals surface area contributed by atoms with Crippen LogP contribution in [0.1, 0.15) is 96.2 Å². The number of unbranched alkanes of at least 4 members (excludes halogenated alkanes) is 2. The van der Waals surface area contributed by atoms with Crippen LogP contribution in [-0.2, 0) is 14.3 Å². The highest BCUT2D eigenvalue weighted by Crippen LogP contribution is 2.26. The second-order valence-corrected chi connectivity index (χ2v) is 11.1. The lowest BCUT2D eigenvalue weighted by molar-refractivity contribution is -0.142. The van der Waals surface area contributed by atoms with Crippen molar-refractivity contribution in [3.63, 3.8) is 0 Å². The van der Waals surface area contributed by atoms with E-state index in [1.165, 1.54) is 6.42 Å². The lowest BCUT2D eigenvalue weighted by atomic mass is 9.94. The zero-order valence-corrected chi connectivity index (χ0v) is 23.5. The maximum Gasteiger partial charge on any atom is 0.408 e. The van der Waals surface area contributed by atoms with E-state index < -0.39 is 23.8 Å². The highest BCUT2D eigenvalue weighted by atomic mass is 32.1. The number of nitrogens with zero attached hydrogens (tertiary/aromatic N) is 1. The van der Waals surface area contributed by atoms with Crippen molar-refractivity contribution in [1.82, 2.24) is 15.5 Å². The fourth-order valence-electron chi connectivity index (χ4n) is 4.48. The molecule has 36 heavy (non-hydrogen) atoms. The first-order chi connectivity index (χ1) is 17.1. The topological polar surface area (TPSA) is 87.7 Å². The Morgan fingerprint density at radius 2 is 1.72 bits per heavy atom. The van der Waals surface area contributed by atoms with Crippen molar-refractivity contribution in [1.29, 1.82) is 0 Å². The van der Waals surface area contributed by atoms with Crippen LogP contribution in [0.5, 0.6) is 0 Å². The zero-order chi connectivity index (χ0) is 26.7. The second kappa shape index (κ2) is 14.5. The molecule has 2 unspecified atom stereocenters. The van der Waals surface area contributed by atoms with E-state index in [1.807, 2.05) is 31.2 Å². The summed E-state index contributed by atoms with van der Waals surface area (Å²) in [6, 6.07) is 6.15. The number of carbonyl (C=O) groups is 3. The summed E-state index contributed by atoms with van der Waals surface area (Å²) in [5, 5.41) is 5.89. The predicted octanol–water partition coefficient (Wildman–Crippen LogP) is 5.33. The van der Waals surface area contributed by atoms with Crippen molar-refractivity contribution < 1.29 is 19.1 Å². The van der Waals surface area contributed by atoms with Gasteiger partial charge in [-0.25, -0.2) is 4.79 Å². The van der Waals surface area contributed by atoms with Gasteiger partial charge in [-0.05, 0) is 52.5 Å². The SMILES string of the molecule is CCCCCN(C(=O)C(CS)NC(=O)OC(C)(C)C)C(C(=O)NC1CCCCC1)c1ccc(C)cc1. The number of nitrogens with one attached hydrogen (secondary N) is 2. The molecule has 1 aromatic carbocycles. The lowest BCUT2D eigenvalue weighted by Gasteiger charge is -2.35. The van der Waals surface area contributed by atoms with Crippen LogP contribution in [0.3, 0.4) is 0 Å². The van der Waals surface area contributed by atoms with Crippen LogP contribution in [-0.4, -0.2) is 52.8 Å². The molecule has 0 bridgehead atoms. The summed E-state index contributed by atoms with van der Waals surface area (Å²) < 4.78 is 5.37. The molecular formula is C28H45N3O4S. The largest absolute Gasteiger partial charge is 0.444 e. The molecule has 0 spiro atoms. The molecule has 3 amide bonds. The van der Waals surface area contributed by atoms with Crippen molar-refractivity contribution in [3.8, 4) is 0 Å². The number of hydrogen-bond acceptors (Lipinski definition) is 5. The van der Waals surface area contributed by atoms with Crippen LogP contribution in [0.25, 0.3) is 0 Å². The van der Waals surface area contributed by atoms with Crippen LogP contribution >= 0.6 is 12.6 Å². The summed E-state index contributed by atoms with van der Waals surface area (Å²) in [5.74, 6) is -0.421. The van der Waals surface area contributed by atoms with Crippen molar-refractivity contribution >= 4 is 30.5 Å². The molecular weight excluding hydrogens is 474 g/mol. The van der Waals surface area contributed by atoms with Crippen molar-refractivity contribution in [2.24, 2.45) is 0 Å². The number of alkyl carbamates (subject to hydrolysis) is 1. The fourth-order valence-corrected chi connectivity index (χ4v) is 4.73. The van der Waals surface area contributed by atoms with Crippen LogP contribution < -0.4 is 10.6 Å². The highest BCUT2D eigenvalue weighted by Gasteiger charge is 2.36. The van der Waals surface area contributed by atoms with Crippen LogP contribution in [0.4, 0.5) is 4.79 Å². The van der Waals surface area contributed by atoms with Gasteiger partial charge in [0.05, 0.1) is 0 Å². The molecule has 7 nitrogen and oxygen atoms in total. The van der Waals surface area contributed by atoms with Gasteiger partial charge in [0.25, 0.3) is 0 Å². The lowest BCUT2D eigenvalue weighted by Crippen LogP contribution is -2.54. The Morgan fingerprint density at radius 3 is 2.28 bits per heavy atom. The smallest absolute Gasteiger partial charge is 0.408 e. The third-order valence-electron chi connectivity index (χ3n) is 6.36. The molecule has 2 rings (SSSR count). The van der Waals surface area contributed by atoms with E-state index in [0.29, 0.717) is 6.54 Å². The maximum atomic E-state index is 13.9. The normalized spacial score (nSPS) is 16.1. The Labute approximate surface area is 222 Å². The monoisotopic (exact) mass is 519 g/mol. The van der Waals surface area contributed by atoms with Gasteiger partial charge in [-0.3, -0.25) is 9.59 Å². The Balaban J connectivity index is 2.37. The maximum absolute atomic E-state index is 13.9. The molecule has 2 atom stereocenters. The molecule has 1 aromatic rings. The van der Waals surface area contributed by atoms with Gasteiger partial charge in [0.1, 0.15) is 17.7 Å².